The average Bonchev–Trinajstić information content (AvgIpc) is 2.64. The predicted molar refractivity (Wildman–Crippen MR) is 99.8 cm³/mol. The fourth-order valence-corrected chi connectivity index (χ4v) is 4.07. The van der Waals surface area contributed by atoms with Crippen LogP contribution in [0.3, 0.4) is 0 Å². The Morgan fingerprint density at radius 1 is 1.00 bits per heavy atom. The summed E-state index contributed by atoms with van der Waals surface area (Å²) in [4.78, 5) is 15.1. The smallest absolute Gasteiger partial charge is 0.230 e. The van der Waals surface area contributed by atoms with Gasteiger partial charge in [-0.15, -0.1) is 0 Å². The zero-order valence-electron chi connectivity index (χ0n) is 15.0. The number of rotatable bonds is 5. The van der Waals surface area contributed by atoms with Crippen molar-refractivity contribution in [2.24, 2.45) is 5.92 Å². The second-order valence-electron chi connectivity index (χ2n) is 6.86. The number of hydrogen-bond acceptors (Lipinski definition) is 5. The van der Waals surface area contributed by atoms with Gasteiger partial charge in [0, 0.05) is 49.8 Å². The number of sulfonamides is 1. The normalized spacial score (nSPS) is 19.9. The van der Waals surface area contributed by atoms with Crippen molar-refractivity contribution in [3.8, 4) is 0 Å². The third-order valence-electron chi connectivity index (χ3n) is 4.81. The third kappa shape index (κ3) is 4.96. The number of nitrogens with one attached hydrogen (secondary N) is 1. The van der Waals surface area contributed by atoms with Gasteiger partial charge in [0.25, 0.3) is 0 Å². The summed E-state index contributed by atoms with van der Waals surface area (Å²) in [7, 11) is -3.33. The van der Waals surface area contributed by atoms with E-state index in [2.05, 4.69) is 4.72 Å². The molecule has 0 aliphatic carbocycles. The van der Waals surface area contributed by atoms with Gasteiger partial charge in [0.05, 0.1) is 6.26 Å². The number of anilines is 2. The van der Waals surface area contributed by atoms with E-state index in [0.717, 1.165) is 37.6 Å². The molecule has 7 nitrogen and oxygen atoms in total. The number of ether oxygens (including phenoxy) is 2. The van der Waals surface area contributed by atoms with Crippen molar-refractivity contribution in [3.63, 3.8) is 0 Å². The number of benzene rings is 1. The maximum absolute atomic E-state index is 13.2. The number of amides is 1. The first-order valence-electron chi connectivity index (χ1n) is 9.00. The summed E-state index contributed by atoms with van der Waals surface area (Å²) in [6.07, 6.45) is 4.21. The molecule has 0 bridgehead atoms. The molecule has 1 aromatic rings. The number of carbonyl (C=O) groups excluding carboxylic acids is 1. The largest absolute Gasteiger partial charge is 0.381 e. The minimum Gasteiger partial charge on any atom is -0.381 e. The Kier molecular flexibility index (Phi) is 6.16. The zero-order valence-corrected chi connectivity index (χ0v) is 15.8. The quantitative estimate of drug-likeness (QED) is 0.842. The van der Waals surface area contributed by atoms with Crippen LogP contribution in [-0.4, -0.2) is 53.1 Å². The standard InChI is InChI=1S/C18H26N2O5S/c1-26(22,23)19-15-2-4-16(5-3-15)20(17-8-12-25-13-9-17)18(21)14-6-10-24-11-7-14/h2-5,14,17,19H,6-13H2,1H3. The van der Waals surface area contributed by atoms with Gasteiger partial charge in [-0.25, -0.2) is 8.42 Å². The fraction of sp³-hybridized carbons (Fsp3) is 0.611. The summed E-state index contributed by atoms with van der Waals surface area (Å²) in [6, 6.07) is 7.10. The van der Waals surface area contributed by atoms with Gasteiger partial charge < -0.3 is 14.4 Å². The number of carbonyl (C=O) groups is 1. The second-order valence-corrected chi connectivity index (χ2v) is 8.61. The lowest BCUT2D eigenvalue weighted by Crippen LogP contribution is -2.47. The topological polar surface area (TPSA) is 84.9 Å². The number of hydrogen-bond donors (Lipinski definition) is 1. The first-order valence-corrected chi connectivity index (χ1v) is 10.9. The van der Waals surface area contributed by atoms with Crippen LogP contribution in [0.5, 0.6) is 0 Å². The molecule has 1 aromatic carbocycles. The SMILES string of the molecule is CS(=O)(=O)Nc1ccc(N(C(=O)C2CCOCC2)C2CCOCC2)cc1. The van der Waals surface area contributed by atoms with Gasteiger partial charge in [0.1, 0.15) is 0 Å². The van der Waals surface area contributed by atoms with E-state index < -0.39 is 10.0 Å². The van der Waals surface area contributed by atoms with Crippen molar-refractivity contribution < 1.29 is 22.7 Å². The highest BCUT2D eigenvalue weighted by molar-refractivity contribution is 7.92. The van der Waals surface area contributed by atoms with Crippen LogP contribution in [0.15, 0.2) is 24.3 Å². The van der Waals surface area contributed by atoms with E-state index in [0.29, 0.717) is 32.1 Å². The summed E-state index contributed by atoms with van der Waals surface area (Å²) < 4.78 is 36.0. The molecule has 2 fully saturated rings. The van der Waals surface area contributed by atoms with E-state index in [1.807, 2.05) is 4.90 Å². The van der Waals surface area contributed by atoms with Crippen molar-refractivity contribution in [3.05, 3.63) is 24.3 Å². The van der Waals surface area contributed by atoms with Gasteiger partial charge >= 0.3 is 0 Å². The third-order valence-corrected chi connectivity index (χ3v) is 5.42. The van der Waals surface area contributed by atoms with Crippen LogP contribution in [-0.2, 0) is 24.3 Å². The molecule has 8 heteroatoms. The Morgan fingerprint density at radius 2 is 1.54 bits per heavy atom. The average molecular weight is 382 g/mol. The molecule has 2 heterocycles. The molecule has 2 aliphatic rings. The lowest BCUT2D eigenvalue weighted by Gasteiger charge is -2.37. The highest BCUT2D eigenvalue weighted by atomic mass is 32.2. The minimum atomic E-state index is -3.33. The van der Waals surface area contributed by atoms with Crippen LogP contribution >= 0.6 is 0 Å². The van der Waals surface area contributed by atoms with E-state index in [1.165, 1.54) is 0 Å². The van der Waals surface area contributed by atoms with Gasteiger partial charge in [-0.3, -0.25) is 9.52 Å². The van der Waals surface area contributed by atoms with Crippen molar-refractivity contribution in [2.45, 2.75) is 31.7 Å². The molecule has 0 unspecified atom stereocenters. The molecule has 0 radical (unpaired) electrons. The highest BCUT2D eigenvalue weighted by Crippen LogP contribution is 2.29. The van der Waals surface area contributed by atoms with Crippen LogP contribution in [0.1, 0.15) is 25.7 Å². The molecule has 3 rings (SSSR count). The van der Waals surface area contributed by atoms with Crippen molar-refractivity contribution >= 4 is 27.3 Å². The van der Waals surface area contributed by atoms with Crippen molar-refractivity contribution in [1.29, 1.82) is 0 Å². The van der Waals surface area contributed by atoms with Gasteiger partial charge in [-0.05, 0) is 49.9 Å². The van der Waals surface area contributed by atoms with E-state index in [1.54, 1.807) is 24.3 Å². The molecule has 0 aromatic heterocycles. The van der Waals surface area contributed by atoms with Crippen LogP contribution in [0, 0.1) is 5.92 Å². The fourth-order valence-electron chi connectivity index (χ4n) is 3.51. The molecular formula is C18H26N2O5S. The molecule has 0 atom stereocenters. The van der Waals surface area contributed by atoms with Crippen LogP contribution in [0.4, 0.5) is 11.4 Å². The van der Waals surface area contributed by atoms with Crippen molar-refractivity contribution in [1.82, 2.24) is 0 Å². The molecule has 144 valence electrons. The molecule has 0 saturated carbocycles. The Labute approximate surface area is 154 Å². The number of nitrogens with zero attached hydrogens (tertiary/aromatic N) is 1. The molecule has 1 N–H and O–H groups in total. The van der Waals surface area contributed by atoms with Gasteiger partial charge in [0.15, 0.2) is 0 Å². The Bertz CT molecular complexity index is 708. The van der Waals surface area contributed by atoms with E-state index in [-0.39, 0.29) is 17.9 Å². The molecule has 1 amide bonds. The Hall–Kier alpha value is -1.64. The van der Waals surface area contributed by atoms with Crippen molar-refractivity contribution in [2.75, 3.05) is 42.3 Å². The van der Waals surface area contributed by atoms with Crippen LogP contribution in [0.2, 0.25) is 0 Å². The van der Waals surface area contributed by atoms with E-state index in [9.17, 15) is 13.2 Å². The molecule has 0 spiro atoms. The molecule has 2 saturated heterocycles. The van der Waals surface area contributed by atoms with E-state index in [4.69, 9.17) is 9.47 Å². The maximum atomic E-state index is 13.2. The monoisotopic (exact) mass is 382 g/mol. The molecule has 26 heavy (non-hydrogen) atoms. The zero-order chi connectivity index (χ0) is 18.6. The molecule has 2 aliphatic heterocycles. The van der Waals surface area contributed by atoms with Gasteiger partial charge in [-0.2, -0.15) is 0 Å². The van der Waals surface area contributed by atoms with Crippen LogP contribution < -0.4 is 9.62 Å². The summed E-state index contributed by atoms with van der Waals surface area (Å²) in [5, 5.41) is 0. The highest BCUT2D eigenvalue weighted by Gasteiger charge is 2.32. The lowest BCUT2D eigenvalue weighted by molar-refractivity contribution is -0.126. The van der Waals surface area contributed by atoms with E-state index >= 15 is 0 Å². The Balaban J connectivity index is 1.83. The first kappa shape index (κ1) is 19.1. The molecular weight excluding hydrogens is 356 g/mol. The summed E-state index contributed by atoms with van der Waals surface area (Å²) >= 11 is 0. The Morgan fingerprint density at radius 3 is 2.08 bits per heavy atom. The summed E-state index contributed by atoms with van der Waals surface area (Å²) in [6.45, 7) is 2.54. The first-order chi connectivity index (χ1) is 12.4. The summed E-state index contributed by atoms with van der Waals surface area (Å²) in [5.74, 6) is 0.101. The van der Waals surface area contributed by atoms with Crippen LogP contribution in [0.25, 0.3) is 0 Å². The van der Waals surface area contributed by atoms with Gasteiger partial charge in [-0.1, -0.05) is 0 Å². The summed E-state index contributed by atoms with van der Waals surface area (Å²) in [5.41, 5.74) is 1.29. The maximum Gasteiger partial charge on any atom is 0.230 e. The predicted octanol–water partition coefficient (Wildman–Crippen LogP) is 2.00. The van der Waals surface area contributed by atoms with Gasteiger partial charge in [0.2, 0.25) is 15.9 Å². The second kappa shape index (κ2) is 8.37. The lowest BCUT2D eigenvalue weighted by atomic mass is 9.95. The minimum absolute atomic E-state index is 0.0274.